The third-order valence-corrected chi connectivity index (χ3v) is 3.86. The van der Waals surface area contributed by atoms with Crippen molar-refractivity contribution >= 4 is 21.7 Å². The summed E-state index contributed by atoms with van der Waals surface area (Å²) in [5.74, 6) is 1.79. The molecule has 1 rings (SSSR count). The van der Waals surface area contributed by atoms with E-state index >= 15 is 0 Å². The van der Waals surface area contributed by atoms with Gasteiger partial charge in [-0.2, -0.15) is 0 Å². The number of nitrogens with one attached hydrogen (secondary N) is 1. The molecule has 1 N–H and O–H groups in total. The van der Waals surface area contributed by atoms with Crippen molar-refractivity contribution in [1.29, 1.82) is 0 Å². The number of halogens is 1. The molecule has 0 bridgehead atoms. The van der Waals surface area contributed by atoms with Gasteiger partial charge in [-0.25, -0.2) is 9.97 Å². The summed E-state index contributed by atoms with van der Waals surface area (Å²) >= 11 is 3.44. The highest BCUT2D eigenvalue weighted by molar-refractivity contribution is 9.10. The van der Waals surface area contributed by atoms with Crippen molar-refractivity contribution in [3.63, 3.8) is 0 Å². The molecule has 1 aromatic heterocycles. The number of hydrogen-bond donors (Lipinski definition) is 1. The summed E-state index contributed by atoms with van der Waals surface area (Å²) < 4.78 is 0.849. The van der Waals surface area contributed by atoms with Crippen LogP contribution in [-0.2, 0) is 6.42 Å². The van der Waals surface area contributed by atoms with Crippen molar-refractivity contribution in [3.8, 4) is 0 Å². The van der Waals surface area contributed by atoms with E-state index in [1.165, 1.54) is 13.0 Å². The molecule has 0 aromatic carbocycles. The highest BCUT2D eigenvalue weighted by Gasteiger charge is 2.07. The van der Waals surface area contributed by atoms with Crippen molar-refractivity contribution in [1.82, 2.24) is 14.9 Å². The summed E-state index contributed by atoms with van der Waals surface area (Å²) in [6.45, 7) is 12.2. The Balaban J connectivity index is 2.42. The molecule has 114 valence electrons. The maximum atomic E-state index is 4.50. The largest absolute Gasteiger partial charge is 0.367 e. The summed E-state index contributed by atoms with van der Waals surface area (Å²) in [5, 5.41) is 3.47. The molecule has 0 saturated carbocycles. The minimum atomic E-state index is 0.428. The molecular formula is C15H27BrN4. The fourth-order valence-corrected chi connectivity index (χ4v) is 2.60. The molecule has 0 amide bonds. The van der Waals surface area contributed by atoms with E-state index in [1.807, 2.05) is 6.07 Å². The third-order valence-electron chi connectivity index (χ3n) is 3.46. The van der Waals surface area contributed by atoms with E-state index in [4.69, 9.17) is 0 Å². The van der Waals surface area contributed by atoms with Gasteiger partial charge in [0.25, 0.3) is 0 Å². The Morgan fingerprint density at radius 3 is 2.55 bits per heavy atom. The molecule has 20 heavy (non-hydrogen) atoms. The average Bonchev–Trinajstić information content (AvgIpc) is 2.42. The van der Waals surface area contributed by atoms with Gasteiger partial charge in [0, 0.05) is 18.5 Å². The second-order valence-corrected chi connectivity index (χ2v) is 5.87. The van der Waals surface area contributed by atoms with Gasteiger partial charge in [0.15, 0.2) is 0 Å². The summed E-state index contributed by atoms with van der Waals surface area (Å²) in [6, 6.07) is 2.37. The number of hydrogen-bond acceptors (Lipinski definition) is 4. The van der Waals surface area contributed by atoms with Gasteiger partial charge in [-0.05, 0) is 55.3 Å². The van der Waals surface area contributed by atoms with E-state index in [1.54, 1.807) is 0 Å². The molecule has 0 fully saturated rings. The zero-order chi connectivity index (χ0) is 15.0. The number of aryl methyl sites for hydroxylation is 1. The Labute approximate surface area is 131 Å². The third kappa shape index (κ3) is 6.18. The Morgan fingerprint density at radius 1 is 1.25 bits per heavy atom. The molecular weight excluding hydrogens is 316 g/mol. The van der Waals surface area contributed by atoms with Crippen molar-refractivity contribution in [2.24, 2.45) is 0 Å². The molecule has 0 aliphatic carbocycles. The lowest BCUT2D eigenvalue weighted by molar-refractivity contribution is 0.295. The molecule has 5 heteroatoms. The van der Waals surface area contributed by atoms with Gasteiger partial charge in [0.05, 0.1) is 0 Å². The maximum Gasteiger partial charge on any atom is 0.131 e. The van der Waals surface area contributed by atoms with Gasteiger partial charge in [0.2, 0.25) is 0 Å². The van der Waals surface area contributed by atoms with Crippen LogP contribution in [0.4, 0.5) is 5.82 Å². The molecule has 0 aliphatic heterocycles. The Hall–Kier alpha value is -0.680. The molecule has 0 saturated heterocycles. The van der Waals surface area contributed by atoms with Crippen LogP contribution in [0.5, 0.6) is 0 Å². The lowest BCUT2D eigenvalue weighted by Gasteiger charge is -2.20. The normalized spacial score (nSPS) is 12.7. The van der Waals surface area contributed by atoms with Crippen molar-refractivity contribution in [3.05, 3.63) is 16.5 Å². The summed E-state index contributed by atoms with van der Waals surface area (Å²) in [7, 11) is 0. The molecule has 1 heterocycles. The highest BCUT2D eigenvalue weighted by atomic mass is 79.9. The van der Waals surface area contributed by atoms with E-state index in [-0.39, 0.29) is 0 Å². The maximum absolute atomic E-state index is 4.50. The van der Waals surface area contributed by atoms with Crippen LogP contribution in [0.3, 0.4) is 0 Å². The standard InChI is InChI=1S/C15H27BrN4/c1-5-14-18-13(16)11-15(19-14)17-12(4)9-8-10-20(6-2)7-3/h11-12H,5-10H2,1-4H3,(H,17,18,19). The predicted octanol–water partition coefficient (Wildman–Crippen LogP) is 3.72. The minimum Gasteiger partial charge on any atom is -0.367 e. The first-order valence-corrected chi connectivity index (χ1v) is 8.40. The predicted molar refractivity (Wildman–Crippen MR) is 89.2 cm³/mol. The molecule has 0 radical (unpaired) electrons. The van der Waals surface area contributed by atoms with Gasteiger partial charge < -0.3 is 10.2 Å². The minimum absolute atomic E-state index is 0.428. The van der Waals surface area contributed by atoms with Crippen LogP contribution in [0.15, 0.2) is 10.7 Å². The van der Waals surface area contributed by atoms with Crippen LogP contribution in [-0.4, -0.2) is 40.5 Å². The van der Waals surface area contributed by atoms with Crippen molar-refractivity contribution in [2.75, 3.05) is 25.0 Å². The average molecular weight is 343 g/mol. The first-order valence-electron chi connectivity index (χ1n) is 7.61. The Bertz CT molecular complexity index is 393. The van der Waals surface area contributed by atoms with Crippen LogP contribution < -0.4 is 5.32 Å². The summed E-state index contributed by atoms with van der Waals surface area (Å²) in [5.41, 5.74) is 0. The molecule has 0 aliphatic rings. The van der Waals surface area contributed by atoms with Crippen LogP contribution in [0.1, 0.15) is 46.4 Å². The number of nitrogens with zero attached hydrogens (tertiary/aromatic N) is 3. The van der Waals surface area contributed by atoms with Crippen LogP contribution in [0, 0.1) is 0 Å². The lowest BCUT2D eigenvalue weighted by atomic mass is 10.1. The van der Waals surface area contributed by atoms with Gasteiger partial charge in [-0.3, -0.25) is 0 Å². The van der Waals surface area contributed by atoms with E-state index in [2.05, 4.69) is 63.8 Å². The van der Waals surface area contributed by atoms with Crippen LogP contribution in [0.25, 0.3) is 0 Å². The molecule has 1 aromatic rings. The van der Waals surface area contributed by atoms with E-state index in [0.717, 1.165) is 42.2 Å². The van der Waals surface area contributed by atoms with Crippen molar-refractivity contribution < 1.29 is 0 Å². The van der Waals surface area contributed by atoms with E-state index < -0.39 is 0 Å². The van der Waals surface area contributed by atoms with E-state index in [9.17, 15) is 0 Å². The molecule has 4 nitrogen and oxygen atoms in total. The summed E-state index contributed by atoms with van der Waals surface area (Å²) in [4.78, 5) is 11.3. The zero-order valence-corrected chi connectivity index (χ0v) is 14.7. The molecule has 0 spiro atoms. The number of aromatic nitrogens is 2. The quantitative estimate of drug-likeness (QED) is 0.694. The second kappa shape index (κ2) is 9.29. The van der Waals surface area contributed by atoms with Gasteiger partial charge in [0.1, 0.15) is 16.2 Å². The smallest absolute Gasteiger partial charge is 0.131 e. The fourth-order valence-electron chi connectivity index (χ4n) is 2.18. The Morgan fingerprint density at radius 2 is 1.95 bits per heavy atom. The SMILES string of the molecule is CCc1nc(Br)cc(NC(C)CCCN(CC)CC)n1. The highest BCUT2D eigenvalue weighted by Crippen LogP contribution is 2.14. The van der Waals surface area contributed by atoms with Gasteiger partial charge >= 0.3 is 0 Å². The summed E-state index contributed by atoms with van der Waals surface area (Å²) in [6.07, 6.45) is 3.22. The first-order chi connectivity index (χ1) is 9.58. The topological polar surface area (TPSA) is 41.1 Å². The molecule has 1 atom stereocenters. The molecule has 1 unspecified atom stereocenters. The van der Waals surface area contributed by atoms with Crippen LogP contribution in [0.2, 0.25) is 0 Å². The first kappa shape index (κ1) is 17.4. The second-order valence-electron chi connectivity index (χ2n) is 5.06. The number of rotatable bonds is 9. The van der Waals surface area contributed by atoms with Gasteiger partial charge in [-0.15, -0.1) is 0 Å². The van der Waals surface area contributed by atoms with Gasteiger partial charge in [-0.1, -0.05) is 20.8 Å². The zero-order valence-electron chi connectivity index (χ0n) is 13.1. The Kier molecular flexibility index (Phi) is 8.07. The lowest BCUT2D eigenvalue weighted by Crippen LogP contribution is -2.25. The van der Waals surface area contributed by atoms with E-state index in [0.29, 0.717) is 6.04 Å². The number of anilines is 1. The fraction of sp³-hybridized carbons (Fsp3) is 0.733. The van der Waals surface area contributed by atoms with Crippen LogP contribution >= 0.6 is 15.9 Å². The van der Waals surface area contributed by atoms with Crippen molar-refractivity contribution in [2.45, 2.75) is 53.0 Å². The monoisotopic (exact) mass is 342 g/mol.